The highest BCUT2D eigenvalue weighted by molar-refractivity contribution is 6.01. The van der Waals surface area contributed by atoms with Crippen molar-refractivity contribution < 1.29 is 14.3 Å². The number of likely N-dealkylation sites (N-methyl/N-ethyl adjacent to an activating group) is 1. The molecule has 0 saturated carbocycles. The number of nitrogens with zero attached hydrogens (tertiary/aromatic N) is 2. The first kappa shape index (κ1) is 13.2. The summed E-state index contributed by atoms with van der Waals surface area (Å²) in [5.74, 6) is 0.463. The van der Waals surface area contributed by atoms with Crippen LogP contribution in [-0.4, -0.2) is 48.5 Å². The molecule has 1 aliphatic rings. The zero-order valence-electron chi connectivity index (χ0n) is 10.8. The van der Waals surface area contributed by atoms with Gasteiger partial charge in [-0.2, -0.15) is 0 Å². The minimum Gasteiger partial charge on any atom is -0.491 e. The molecule has 0 radical (unpaired) electrons. The number of para-hydroxylation sites is 2. The summed E-state index contributed by atoms with van der Waals surface area (Å²) in [6, 6.07) is 6.98. The van der Waals surface area contributed by atoms with E-state index >= 15 is 0 Å². The predicted molar refractivity (Wildman–Crippen MR) is 70.7 cm³/mol. The van der Waals surface area contributed by atoms with Gasteiger partial charge in [-0.1, -0.05) is 12.1 Å². The smallest absolute Gasteiger partial charge is 0.326 e. The summed E-state index contributed by atoms with van der Waals surface area (Å²) in [6.45, 7) is 0.940. The minimum atomic E-state index is -0.246. The number of imide groups is 1. The number of anilines is 1. The number of hydrogen-bond acceptors (Lipinski definition) is 4. The summed E-state index contributed by atoms with van der Waals surface area (Å²) in [6.07, 6.45) is 0.583. The van der Waals surface area contributed by atoms with Crippen molar-refractivity contribution in [3.05, 3.63) is 24.3 Å². The van der Waals surface area contributed by atoms with Crippen LogP contribution in [0.25, 0.3) is 0 Å². The molecule has 19 heavy (non-hydrogen) atoms. The van der Waals surface area contributed by atoms with E-state index in [-0.39, 0.29) is 18.5 Å². The van der Waals surface area contributed by atoms with Crippen LogP contribution in [0.3, 0.4) is 0 Å². The van der Waals surface area contributed by atoms with Crippen LogP contribution in [-0.2, 0) is 4.79 Å². The molecule has 1 aromatic rings. The normalized spacial score (nSPS) is 15.2. The van der Waals surface area contributed by atoms with Crippen LogP contribution in [0.1, 0.15) is 6.42 Å². The van der Waals surface area contributed by atoms with Gasteiger partial charge in [-0.3, -0.25) is 9.69 Å². The molecule has 0 aliphatic carbocycles. The summed E-state index contributed by atoms with van der Waals surface area (Å²) >= 11 is 0. The molecule has 6 nitrogen and oxygen atoms in total. The molecule has 0 spiro atoms. The molecule has 6 heteroatoms. The van der Waals surface area contributed by atoms with Crippen molar-refractivity contribution in [1.29, 1.82) is 0 Å². The van der Waals surface area contributed by atoms with Gasteiger partial charge in [-0.15, -0.1) is 0 Å². The fraction of sp³-hybridized carbons (Fsp3) is 0.385. The van der Waals surface area contributed by atoms with Crippen LogP contribution in [0.2, 0.25) is 0 Å². The standard InChI is InChI=1S/C13H17N3O3/c1-15-9-12(17)16(13(15)18)7-4-8-19-11-6-3-2-5-10(11)14/h2-3,5-6H,4,7-9,14H2,1H3. The van der Waals surface area contributed by atoms with Crippen molar-refractivity contribution in [2.45, 2.75) is 6.42 Å². The van der Waals surface area contributed by atoms with Crippen LogP contribution >= 0.6 is 0 Å². The molecule has 3 amide bonds. The van der Waals surface area contributed by atoms with E-state index in [0.717, 1.165) is 0 Å². The number of hydrogen-bond donors (Lipinski definition) is 1. The molecule has 1 saturated heterocycles. The third kappa shape index (κ3) is 2.96. The molecular weight excluding hydrogens is 246 g/mol. The van der Waals surface area contributed by atoms with Crippen LogP contribution in [0.5, 0.6) is 5.75 Å². The van der Waals surface area contributed by atoms with Crippen molar-refractivity contribution in [2.75, 3.05) is 32.5 Å². The highest BCUT2D eigenvalue weighted by atomic mass is 16.5. The van der Waals surface area contributed by atoms with Crippen molar-refractivity contribution in [2.24, 2.45) is 0 Å². The molecule has 0 atom stereocenters. The predicted octanol–water partition coefficient (Wildman–Crippen LogP) is 0.932. The van der Waals surface area contributed by atoms with E-state index in [4.69, 9.17) is 10.5 Å². The van der Waals surface area contributed by atoms with Crippen LogP contribution < -0.4 is 10.5 Å². The van der Waals surface area contributed by atoms with Gasteiger partial charge >= 0.3 is 6.03 Å². The molecule has 102 valence electrons. The molecule has 2 N–H and O–H groups in total. The van der Waals surface area contributed by atoms with Gasteiger partial charge < -0.3 is 15.4 Å². The number of carbonyl (C=O) groups is 2. The van der Waals surface area contributed by atoms with Crippen molar-refractivity contribution in [3.63, 3.8) is 0 Å². The van der Waals surface area contributed by atoms with E-state index in [1.807, 2.05) is 12.1 Å². The van der Waals surface area contributed by atoms with Gasteiger partial charge in [-0.25, -0.2) is 4.79 Å². The molecule has 2 rings (SSSR count). The maximum absolute atomic E-state index is 11.6. The van der Waals surface area contributed by atoms with Crippen LogP contribution in [0.15, 0.2) is 24.3 Å². The monoisotopic (exact) mass is 263 g/mol. The minimum absolute atomic E-state index is 0.158. The maximum Gasteiger partial charge on any atom is 0.326 e. The van der Waals surface area contributed by atoms with Gasteiger partial charge in [-0.05, 0) is 18.6 Å². The Morgan fingerprint density at radius 1 is 1.32 bits per heavy atom. The quantitative estimate of drug-likeness (QED) is 0.487. The Hall–Kier alpha value is -2.24. The first-order valence-electron chi connectivity index (χ1n) is 6.12. The zero-order valence-corrected chi connectivity index (χ0v) is 10.8. The molecule has 0 aromatic heterocycles. The van der Waals surface area contributed by atoms with Gasteiger partial charge in [0, 0.05) is 13.6 Å². The van der Waals surface area contributed by atoms with Crippen LogP contribution in [0.4, 0.5) is 10.5 Å². The van der Waals surface area contributed by atoms with Crippen molar-refractivity contribution in [3.8, 4) is 5.75 Å². The number of urea groups is 1. The number of ether oxygens (including phenoxy) is 1. The SMILES string of the molecule is CN1CC(=O)N(CCCOc2ccccc2N)C1=O. The second-order valence-electron chi connectivity index (χ2n) is 4.42. The average molecular weight is 263 g/mol. The summed E-state index contributed by atoms with van der Waals surface area (Å²) in [4.78, 5) is 25.8. The van der Waals surface area contributed by atoms with E-state index < -0.39 is 0 Å². The molecule has 1 aliphatic heterocycles. The lowest BCUT2D eigenvalue weighted by molar-refractivity contribution is -0.125. The fourth-order valence-corrected chi connectivity index (χ4v) is 1.91. The number of rotatable bonds is 5. The second kappa shape index (κ2) is 5.60. The fourth-order valence-electron chi connectivity index (χ4n) is 1.91. The van der Waals surface area contributed by atoms with E-state index in [0.29, 0.717) is 31.0 Å². The highest BCUT2D eigenvalue weighted by Gasteiger charge is 2.32. The Balaban J connectivity index is 1.77. The Bertz CT molecular complexity index is 490. The Morgan fingerprint density at radius 2 is 2.05 bits per heavy atom. The van der Waals surface area contributed by atoms with E-state index in [1.54, 1.807) is 19.2 Å². The lowest BCUT2D eigenvalue weighted by Gasteiger charge is -2.14. The average Bonchev–Trinajstić information content (AvgIpc) is 2.62. The van der Waals surface area contributed by atoms with Gasteiger partial charge in [0.1, 0.15) is 12.3 Å². The zero-order chi connectivity index (χ0) is 13.8. The van der Waals surface area contributed by atoms with Gasteiger partial charge in [0.25, 0.3) is 0 Å². The first-order valence-corrected chi connectivity index (χ1v) is 6.12. The number of carbonyl (C=O) groups excluding carboxylic acids is 2. The molecular formula is C13H17N3O3. The molecule has 0 bridgehead atoms. The lowest BCUT2D eigenvalue weighted by atomic mass is 10.3. The van der Waals surface area contributed by atoms with E-state index in [2.05, 4.69) is 0 Å². The summed E-state index contributed by atoms with van der Waals surface area (Å²) in [7, 11) is 1.61. The van der Waals surface area contributed by atoms with Gasteiger partial charge in [0.05, 0.1) is 12.3 Å². The topological polar surface area (TPSA) is 75.9 Å². The van der Waals surface area contributed by atoms with Crippen molar-refractivity contribution in [1.82, 2.24) is 9.80 Å². The van der Waals surface area contributed by atoms with E-state index in [1.165, 1.54) is 9.80 Å². The lowest BCUT2D eigenvalue weighted by Crippen LogP contribution is -2.33. The molecule has 1 heterocycles. The van der Waals surface area contributed by atoms with Crippen molar-refractivity contribution >= 4 is 17.6 Å². The Labute approximate surface area is 111 Å². The molecule has 1 fully saturated rings. The maximum atomic E-state index is 11.6. The van der Waals surface area contributed by atoms with Gasteiger partial charge in [0.15, 0.2) is 0 Å². The number of nitrogens with two attached hydrogens (primary N) is 1. The summed E-state index contributed by atoms with van der Waals surface area (Å²) in [5, 5.41) is 0. The molecule has 0 unspecified atom stereocenters. The van der Waals surface area contributed by atoms with E-state index in [9.17, 15) is 9.59 Å². The summed E-state index contributed by atoms with van der Waals surface area (Å²) in [5.41, 5.74) is 6.32. The first-order chi connectivity index (χ1) is 9.09. The van der Waals surface area contributed by atoms with Crippen LogP contribution in [0, 0.1) is 0 Å². The number of amides is 3. The third-order valence-corrected chi connectivity index (χ3v) is 2.93. The molecule has 1 aromatic carbocycles. The second-order valence-corrected chi connectivity index (χ2v) is 4.42. The highest BCUT2D eigenvalue weighted by Crippen LogP contribution is 2.19. The Morgan fingerprint density at radius 3 is 2.68 bits per heavy atom. The summed E-state index contributed by atoms with van der Waals surface area (Å²) < 4.78 is 5.51. The number of benzene rings is 1. The van der Waals surface area contributed by atoms with Gasteiger partial charge in [0.2, 0.25) is 5.91 Å². The Kier molecular flexibility index (Phi) is 3.89. The third-order valence-electron chi connectivity index (χ3n) is 2.93. The number of nitrogen functional groups attached to an aromatic ring is 1. The largest absolute Gasteiger partial charge is 0.491 e.